The Kier molecular flexibility index (Phi) is 5.82. The monoisotopic (exact) mass is 250 g/mol. The molecule has 100 valence electrons. The number of rotatable bonds is 6. The van der Waals surface area contributed by atoms with Crippen LogP contribution < -0.4 is 10.6 Å². The minimum atomic E-state index is -0.656. The van der Waals surface area contributed by atoms with E-state index in [0.29, 0.717) is 6.54 Å². The first-order chi connectivity index (χ1) is 8.56. The molecule has 0 saturated heterocycles. The average molecular weight is 250 g/mol. The van der Waals surface area contributed by atoms with E-state index < -0.39 is 6.10 Å². The molecule has 0 bridgehead atoms. The van der Waals surface area contributed by atoms with Crippen LogP contribution in [0.25, 0.3) is 0 Å². The number of aryl methyl sites for hydroxylation is 1. The number of carbonyl (C=O) groups is 1. The lowest BCUT2D eigenvalue weighted by atomic mass is 10.0. The summed E-state index contributed by atoms with van der Waals surface area (Å²) in [7, 11) is 1.81. The van der Waals surface area contributed by atoms with E-state index in [1.807, 2.05) is 45.2 Å². The van der Waals surface area contributed by atoms with Crippen molar-refractivity contribution >= 4 is 5.91 Å². The lowest BCUT2D eigenvalue weighted by Crippen LogP contribution is -2.36. The van der Waals surface area contributed by atoms with Gasteiger partial charge in [0.15, 0.2) is 0 Å². The molecule has 0 aromatic heterocycles. The maximum absolute atomic E-state index is 11.7. The first-order valence-electron chi connectivity index (χ1n) is 6.22. The molecule has 0 aliphatic heterocycles. The first-order valence-corrected chi connectivity index (χ1v) is 6.22. The van der Waals surface area contributed by atoms with Crippen LogP contribution in [-0.4, -0.2) is 31.2 Å². The highest BCUT2D eigenvalue weighted by Gasteiger charge is 2.15. The second-order valence-corrected chi connectivity index (χ2v) is 4.58. The van der Waals surface area contributed by atoms with Crippen molar-refractivity contribution in [2.45, 2.75) is 20.0 Å². The van der Waals surface area contributed by atoms with Crippen molar-refractivity contribution in [3.8, 4) is 0 Å². The zero-order valence-corrected chi connectivity index (χ0v) is 11.2. The third kappa shape index (κ3) is 4.13. The van der Waals surface area contributed by atoms with Crippen molar-refractivity contribution in [1.29, 1.82) is 0 Å². The highest BCUT2D eigenvalue weighted by Crippen LogP contribution is 2.16. The number of carbonyl (C=O) groups excluding carboxylic acids is 1. The largest absolute Gasteiger partial charge is 0.387 e. The molecule has 1 aromatic rings. The van der Waals surface area contributed by atoms with Gasteiger partial charge in [0.25, 0.3) is 0 Å². The predicted molar refractivity (Wildman–Crippen MR) is 72.2 cm³/mol. The molecule has 4 nitrogen and oxygen atoms in total. The number of amides is 1. The van der Waals surface area contributed by atoms with Gasteiger partial charge < -0.3 is 15.7 Å². The van der Waals surface area contributed by atoms with E-state index in [2.05, 4.69) is 10.6 Å². The molecule has 0 fully saturated rings. The highest BCUT2D eigenvalue weighted by molar-refractivity contribution is 5.78. The van der Waals surface area contributed by atoms with Gasteiger partial charge in [0, 0.05) is 19.0 Å². The Morgan fingerprint density at radius 3 is 2.61 bits per heavy atom. The number of aliphatic hydroxyl groups excluding tert-OH is 1. The minimum absolute atomic E-state index is 0.0445. The van der Waals surface area contributed by atoms with Crippen molar-refractivity contribution < 1.29 is 9.90 Å². The second-order valence-electron chi connectivity index (χ2n) is 4.58. The van der Waals surface area contributed by atoms with Crippen LogP contribution in [0.2, 0.25) is 0 Å². The van der Waals surface area contributed by atoms with E-state index in [-0.39, 0.29) is 18.4 Å². The third-order valence-electron chi connectivity index (χ3n) is 2.97. The Hall–Kier alpha value is -1.39. The molecule has 2 unspecified atom stereocenters. The molecule has 0 spiro atoms. The summed E-state index contributed by atoms with van der Waals surface area (Å²) in [5.41, 5.74) is 1.89. The first kappa shape index (κ1) is 14.7. The molecule has 3 N–H and O–H groups in total. The van der Waals surface area contributed by atoms with Crippen LogP contribution in [0.1, 0.15) is 24.2 Å². The molecular formula is C14H22N2O2. The fourth-order valence-corrected chi connectivity index (χ4v) is 1.84. The Balaban J connectivity index is 2.49. The van der Waals surface area contributed by atoms with Gasteiger partial charge in [-0.2, -0.15) is 0 Å². The summed E-state index contributed by atoms with van der Waals surface area (Å²) >= 11 is 0. The Bertz CT molecular complexity index is 393. The average Bonchev–Trinajstić information content (AvgIpc) is 2.36. The molecule has 0 heterocycles. The number of benzene rings is 1. The van der Waals surface area contributed by atoms with Crippen LogP contribution in [0.3, 0.4) is 0 Å². The summed E-state index contributed by atoms with van der Waals surface area (Å²) in [5, 5.41) is 15.7. The lowest BCUT2D eigenvalue weighted by Gasteiger charge is -2.16. The molecular weight excluding hydrogens is 228 g/mol. The van der Waals surface area contributed by atoms with Gasteiger partial charge in [-0.25, -0.2) is 0 Å². The molecule has 18 heavy (non-hydrogen) atoms. The Labute approximate surface area is 108 Å². The predicted octanol–water partition coefficient (Wildman–Crippen LogP) is 1.00. The molecule has 0 radical (unpaired) electrons. The number of aliphatic hydroxyl groups is 1. The maximum atomic E-state index is 11.7. The normalized spacial score (nSPS) is 14.0. The summed E-state index contributed by atoms with van der Waals surface area (Å²) < 4.78 is 0. The van der Waals surface area contributed by atoms with E-state index in [4.69, 9.17) is 0 Å². The van der Waals surface area contributed by atoms with Crippen molar-refractivity contribution in [3.63, 3.8) is 0 Å². The van der Waals surface area contributed by atoms with Gasteiger partial charge in [-0.15, -0.1) is 0 Å². The van der Waals surface area contributed by atoms with Gasteiger partial charge in [-0.3, -0.25) is 4.79 Å². The van der Waals surface area contributed by atoms with Crippen molar-refractivity contribution in [2.75, 3.05) is 20.1 Å². The van der Waals surface area contributed by atoms with E-state index in [0.717, 1.165) is 11.1 Å². The molecule has 0 aliphatic carbocycles. The quantitative estimate of drug-likeness (QED) is 0.706. The van der Waals surface area contributed by atoms with Crippen LogP contribution in [-0.2, 0) is 4.79 Å². The summed E-state index contributed by atoms with van der Waals surface area (Å²) in [6, 6.07) is 7.64. The minimum Gasteiger partial charge on any atom is -0.387 e. The van der Waals surface area contributed by atoms with Gasteiger partial charge in [0.05, 0.1) is 6.10 Å². The summed E-state index contributed by atoms with van der Waals surface area (Å²) in [4.78, 5) is 11.7. The summed E-state index contributed by atoms with van der Waals surface area (Å²) in [6.45, 7) is 4.68. The Morgan fingerprint density at radius 1 is 1.33 bits per heavy atom. The van der Waals surface area contributed by atoms with E-state index in [9.17, 15) is 9.90 Å². The molecule has 0 saturated carbocycles. The second kappa shape index (κ2) is 7.13. The number of hydrogen-bond acceptors (Lipinski definition) is 3. The van der Waals surface area contributed by atoms with Gasteiger partial charge in [-0.1, -0.05) is 31.2 Å². The van der Waals surface area contributed by atoms with Crippen LogP contribution in [0, 0.1) is 12.8 Å². The van der Waals surface area contributed by atoms with E-state index >= 15 is 0 Å². The van der Waals surface area contributed by atoms with Crippen LogP contribution in [0.4, 0.5) is 0 Å². The van der Waals surface area contributed by atoms with Crippen molar-refractivity contribution in [2.24, 2.45) is 5.92 Å². The Morgan fingerprint density at radius 2 is 2.00 bits per heavy atom. The van der Waals surface area contributed by atoms with Crippen molar-refractivity contribution in [1.82, 2.24) is 10.6 Å². The molecule has 2 atom stereocenters. The fraction of sp³-hybridized carbons (Fsp3) is 0.500. The van der Waals surface area contributed by atoms with Crippen molar-refractivity contribution in [3.05, 3.63) is 35.4 Å². The number of nitrogens with one attached hydrogen (secondary N) is 2. The van der Waals surface area contributed by atoms with Gasteiger partial charge in [-0.05, 0) is 25.1 Å². The highest BCUT2D eigenvalue weighted by atomic mass is 16.3. The molecule has 1 amide bonds. The molecule has 1 aromatic carbocycles. The fourth-order valence-electron chi connectivity index (χ4n) is 1.84. The van der Waals surface area contributed by atoms with Gasteiger partial charge in [0.2, 0.25) is 5.91 Å². The third-order valence-corrected chi connectivity index (χ3v) is 2.97. The standard InChI is InChI=1S/C14H22N2O2/c1-10-6-4-5-7-12(10)13(17)9-16-14(18)11(2)8-15-3/h4-7,11,13,15,17H,8-9H2,1-3H3,(H,16,18). The summed E-state index contributed by atoms with van der Waals surface area (Å²) in [5.74, 6) is -0.143. The lowest BCUT2D eigenvalue weighted by molar-refractivity contribution is -0.124. The zero-order valence-electron chi connectivity index (χ0n) is 11.2. The van der Waals surface area contributed by atoms with Crippen LogP contribution in [0.15, 0.2) is 24.3 Å². The topological polar surface area (TPSA) is 61.4 Å². The van der Waals surface area contributed by atoms with E-state index in [1.165, 1.54) is 0 Å². The smallest absolute Gasteiger partial charge is 0.224 e. The van der Waals surface area contributed by atoms with Crippen LogP contribution in [0.5, 0.6) is 0 Å². The SMILES string of the molecule is CNCC(C)C(=O)NCC(O)c1ccccc1C. The van der Waals surface area contributed by atoms with Gasteiger partial charge >= 0.3 is 0 Å². The zero-order chi connectivity index (χ0) is 13.5. The van der Waals surface area contributed by atoms with Gasteiger partial charge in [0.1, 0.15) is 0 Å². The molecule has 1 rings (SSSR count). The molecule has 4 heteroatoms. The molecule has 0 aliphatic rings. The summed E-state index contributed by atoms with van der Waals surface area (Å²) in [6.07, 6.45) is -0.656. The number of hydrogen-bond donors (Lipinski definition) is 3. The van der Waals surface area contributed by atoms with Crippen LogP contribution >= 0.6 is 0 Å². The van der Waals surface area contributed by atoms with E-state index in [1.54, 1.807) is 0 Å². The maximum Gasteiger partial charge on any atom is 0.224 e.